The number of nitrogens with zero attached hydrogens (tertiary/aromatic N) is 2. The summed E-state index contributed by atoms with van der Waals surface area (Å²) in [4.78, 5) is 26.5. The molecule has 4 bridgehead atoms. The highest BCUT2D eigenvalue weighted by Crippen LogP contribution is 2.35. The molecular formula is C14H22N4O6S. The first-order valence-corrected chi connectivity index (χ1v) is 9.98. The van der Waals surface area contributed by atoms with E-state index in [1.54, 1.807) is 0 Å². The zero-order chi connectivity index (χ0) is 17.8. The molecule has 0 spiro atoms. The maximum absolute atomic E-state index is 12.8. The van der Waals surface area contributed by atoms with Crippen LogP contribution in [0.15, 0.2) is 0 Å². The number of piperidine rings is 2. The number of carbonyl (C=O) groups is 2. The van der Waals surface area contributed by atoms with Crippen LogP contribution in [0, 0.1) is 11.8 Å². The SMILES string of the molecule is O=C(NC1C2CCC1CNC2)C1CCC2CN1C(=O)N2OS(=O)(=O)O. The highest BCUT2D eigenvalue weighted by molar-refractivity contribution is 7.80. The van der Waals surface area contributed by atoms with E-state index < -0.39 is 28.5 Å². The normalized spacial score (nSPS) is 37.5. The molecule has 3 saturated heterocycles. The van der Waals surface area contributed by atoms with Crippen LogP contribution in [-0.2, 0) is 19.5 Å². The zero-order valence-corrected chi connectivity index (χ0v) is 14.4. The molecule has 4 atom stereocenters. The van der Waals surface area contributed by atoms with Crippen LogP contribution < -0.4 is 10.6 Å². The first-order valence-electron chi connectivity index (χ1n) is 8.61. The van der Waals surface area contributed by atoms with Crippen molar-refractivity contribution in [3.63, 3.8) is 0 Å². The van der Waals surface area contributed by atoms with Crippen LogP contribution in [0.4, 0.5) is 4.79 Å². The Bertz CT molecular complexity index is 669. The summed E-state index contributed by atoms with van der Waals surface area (Å²) in [5.41, 5.74) is 0. The number of hydroxylamine groups is 2. The number of fused-ring (bicyclic) bond motifs is 4. The van der Waals surface area contributed by atoms with Gasteiger partial charge in [-0.05, 0) is 50.6 Å². The minimum absolute atomic E-state index is 0.134. The van der Waals surface area contributed by atoms with Gasteiger partial charge in [-0.3, -0.25) is 9.35 Å². The van der Waals surface area contributed by atoms with Crippen molar-refractivity contribution in [2.75, 3.05) is 19.6 Å². The predicted octanol–water partition coefficient (Wildman–Crippen LogP) is -0.896. The highest BCUT2D eigenvalue weighted by atomic mass is 32.3. The number of urea groups is 1. The molecule has 140 valence electrons. The van der Waals surface area contributed by atoms with Crippen molar-refractivity contribution in [3.8, 4) is 0 Å². The van der Waals surface area contributed by atoms with Crippen LogP contribution in [0.25, 0.3) is 0 Å². The Hall–Kier alpha value is -1.43. The van der Waals surface area contributed by atoms with Gasteiger partial charge in [0, 0.05) is 12.6 Å². The molecule has 1 saturated carbocycles. The smallest absolute Gasteiger partial charge is 0.351 e. The summed E-state index contributed by atoms with van der Waals surface area (Å²) in [5, 5.41) is 7.15. The van der Waals surface area contributed by atoms with E-state index in [0.717, 1.165) is 25.9 Å². The van der Waals surface area contributed by atoms with E-state index in [-0.39, 0.29) is 18.5 Å². The lowest BCUT2D eigenvalue weighted by atomic mass is 9.92. The number of nitrogens with one attached hydrogen (secondary N) is 2. The van der Waals surface area contributed by atoms with Gasteiger partial charge in [0.15, 0.2) is 0 Å². The van der Waals surface area contributed by atoms with Crippen molar-refractivity contribution in [1.82, 2.24) is 20.6 Å². The van der Waals surface area contributed by atoms with Crippen LogP contribution in [0.5, 0.6) is 0 Å². The second-order valence-electron chi connectivity index (χ2n) is 7.30. The predicted molar refractivity (Wildman–Crippen MR) is 84.4 cm³/mol. The Morgan fingerprint density at radius 3 is 2.52 bits per heavy atom. The molecule has 0 aromatic rings. The third-order valence-corrected chi connectivity index (χ3v) is 6.19. The summed E-state index contributed by atoms with van der Waals surface area (Å²) in [6.45, 7) is 2.01. The third-order valence-electron chi connectivity index (χ3n) is 5.85. The third kappa shape index (κ3) is 3.09. The van der Waals surface area contributed by atoms with Crippen LogP contribution in [-0.4, -0.2) is 72.6 Å². The average molecular weight is 374 g/mol. The van der Waals surface area contributed by atoms with Gasteiger partial charge in [-0.2, -0.15) is 13.5 Å². The van der Waals surface area contributed by atoms with Gasteiger partial charge in [0.25, 0.3) is 0 Å². The molecular weight excluding hydrogens is 352 g/mol. The van der Waals surface area contributed by atoms with Gasteiger partial charge in [-0.1, -0.05) is 0 Å². The molecule has 4 unspecified atom stereocenters. The monoisotopic (exact) mass is 374 g/mol. The van der Waals surface area contributed by atoms with Gasteiger partial charge < -0.3 is 15.5 Å². The van der Waals surface area contributed by atoms with Crippen molar-refractivity contribution in [2.24, 2.45) is 11.8 Å². The quantitative estimate of drug-likeness (QED) is 0.544. The Kier molecular flexibility index (Phi) is 4.13. The van der Waals surface area contributed by atoms with Crippen molar-refractivity contribution in [2.45, 2.75) is 43.8 Å². The summed E-state index contributed by atoms with van der Waals surface area (Å²) in [6, 6.07) is -1.68. The molecule has 3 aliphatic heterocycles. The Morgan fingerprint density at radius 1 is 1.20 bits per heavy atom. The lowest BCUT2D eigenvalue weighted by Crippen LogP contribution is -2.57. The fraction of sp³-hybridized carbons (Fsp3) is 0.857. The van der Waals surface area contributed by atoms with Crippen molar-refractivity contribution in [1.29, 1.82) is 0 Å². The van der Waals surface area contributed by atoms with Crippen molar-refractivity contribution in [3.05, 3.63) is 0 Å². The number of hydrogen-bond acceptors (Lipinski definition) is 6. The minimum atomic E-state index is -4.77. The fourth-order valence-corrected chi connectivity index (χ4v) is 5.07. The minimum Gasteiger partial charge on any atom is -0.351 e. The molecule has 0 radical (unpaired) electrons. The Labute approximate surface area is 145 Å². The summed E-state index contributed by atoms with van der Waals surface area (Å²) in [6.07, 6.45) is 3.06. The van der Waals surface area contributed by atoms with Crippen LogP contribution in [0.2, 0.25) is 0 Å². The molecule has 11 heteroatoms. The van der Waals surface area contributed by atoms with Gasteiger partial charge in [0.05, 0.1) is 6.04 Å². The number of rotatable bonds is 4. The maximum atomic E-state index is 12.8. The second kappa shape index (κ2) is 6.08. The number of carbonyl (C=O) groups excluding carboxylic acids is 2. The largest absolute Gasteiger partial charge is 0.418 e. The fourth-order valence-electron chi connectivity index (χ4n) is 4.68. The summed E-state index contributed by atoms with van der Waals surface area (Å²) in [7, 11) is -4.77. The summed E-state index contributed by atoms with van der Waals surface area (Å²) >= 11 is 0. The molecule has 4 fully saturated rings. The Morgan fingerprint density at radius 2 is 1.88 bits per heavy atom. The molecule has 1 aliphatic carbocycles. The lowest BCUT2D eigenvalue weighted by molar-refractivity contribution is -0.127. The standard InChI is InChI=1S/C14H22N4O6S/c19-13(16-12-8-1-2-9(12)6-15-5-8)11-4-3-10-7-17(11)14(20)18(10)24-25(21,22)23/h8-12,15H,1-7H2,(H,16,19)(H,21,22,23). The van der Waals surface area contributed by atoms with Gasteiger partial charge in [0.2, 0.25) is 5.91 Å². The number of amides is 3. The molecule has 3 N–H and O–H groups in total. The van der Waals surface area contributed by atoms with Crippen LogP contribution >= 0.6 is 0 Å². The molecule has 10 nitrogen and oxygen atoms in total. The molecule has 4 rings (SSSR count). The van der Waals surface area contributed by atoms with Crippen molar-refractivity contribution < 1.29 is 26.8 Å². The van der Waals surface area contributed by atoms with Gasteiger partial charge in [-0.25, -0.2) is 4.79 Å². The summed E-state index contributed by atoms with van der Waals surface area (Å²) in [5.74, 6) is 0.657. The van der Waals surface area contributed by atoms with Crippen LogP contribution in [0.3, 0.4) is 0 Å². The molecule has 0 aromatic carbocycles. The first kappa shape index (κ1) is 17.0. The molecule has 25 heavy (non-hydrogen) atoms. The lowest BCUT2D eigenvalue weighted by Gasteiger charge is -2.35. The first-order chi connectivity index (χ1) is 11.8. The van der Waals surface area contributed by atoms with E-state index in [1.807, 2.05) is 0 Å². The van der Waals surface area contributed by atoms with Crippen LogP contribution in [0.1, 0.15) is 25.7 Å². The number of hydrogen-bond donors (Lipinski definition) is 3. The molecule has 3 heterocycles. The molecule has 4 aliphatic rings. The van der Waals surface area contributed by atoms with Gasteiger partial charge >= 0.3 is 16.4 Å². The van der Waals surface area contributed by atoms with Crippen molar-refractivity contribution >= 4 is 22.3 Å². The van der Waals surface area contributed by atoms with Gasteiger partial charge in [-0.15, -0.1) is 4.28 Å². The van der Waals surface area contributed by atoms with E-state index in [4.69, 9.17) is 4.55 Å². The molecule has 0 aromatic heterocycles. The van der Waals surface area contributed by atoms with E-state index >= 15 is 0 Å². The zero-order valence-electron chi connectivity index (χ0n) is 13.6. The topological polar surface area (TPSA) is 128 Å². The van der Waals surface area contributed by atoms with E-state index in [0.29, 0.717) is 29.7 Å². The maximum Gasteiger partial charge on any atom is 0.418 e. The van der Waals surface area contributed by atoms with E-state index in [9.17, 15) is 18.0 Å². The highest BCUT2D eigenvalue weighted by Gasteiger charge is 2.50. The second-order valence-corrected chi connectivity index (χ2v) is 8.30. The molecule has 3 amide bonds. The van der Waals surface area contributed by atoms with E-state index in [1.165, 1.54) is 4.90 Å². The van der Waals surface area contributed by atoms with Gasteiger partial charge in [0.1, 0.15) is 6.04 Å². The average Bonchev–Trinajstić information content (AvgIpc) is 2.90. The summed E-state index contributed by atoms with van der Waals surface area (Å²) < 4.78 is 35.0. The van der Waals surface area contributed by atoms with E-state index in [2.05, 4.69) is 14.9 Å². The Balaban J connectivity index is 1.44.